The Morgan fingerprint density at radius 1 is 1.19 bits per heavy atom. The predicted octanol–water partition coefficient (Wildman–Crippen LogP) is 3.96. The molecule has 0 unspecified atom stereocenters. The van der Waals surface area contributed by atoms with Gasteiger partial charge in [-0.05, 0) is 44.3 Å². The first kappa shape index (κ1) is 15.5. The van der Waals surface area contributed by atoms with Gasteiger partial charge < -0.3 is 15.4 Å². The van der Waals surface area contributed by atoms with Crippen molar-refractivity contribution in [3.05, 3.63) is 46.3 Å². The first-order chi connectivity index (χ1) is 9.99. The van der Waals surface area contributed by atoms with Crippen LogP contribution in [0.2, 0.25) is 0 Å². The van der Waals surface area contributed by atoms with Gasteiger partial charge >= 0.3 is 5.97 Å². The number of esters is 1. The highest BCUT2D eigenvalue weighted by atomic mass is 32.1. The molecule has 0 saturated heterocycles. The van der Waals surface area contributed by atoms with Crippen LogP contribution in [0.5, 0.6) is 0 Å². The molecular weight excluding hydrogens is 304 g/mol. The molecule has 2 N–H and O–H groups in total. The molecule has 2 aromatic rings. The predicted molar refractivity (Wildman–Crippen MR) is 91.4 cm³/mol. The Kier molecular flexibility index (Phi) is 4.93. The van der Waals surface area contributed by atoms with E-state index in [1.165, 1.54) is 24.0 Å². The number of thiophene rings is 1. The highest BCUT2D eigenvalue weighted by Crippen LogP contribution is 2.28. The minimum atomic E-state index is -0.375. The van der Waals surface area contributed by atoms with Gasteiger partial charge in [0.1, 0.15) is 5.00 Å². The molecule has 2 rings (SSSR count). The van der Waals surface area contributed by atoms with Crippen LogP contribution in [-0.4, -0.2) is 18.2 Å². The van der Waals surface area contributed by atoms with Gasteiger partial charge in [-0.3, -0.25) is 0 Å². The minimum Gasteiger partial charge on any atom is -0.465 e. The van der Waals surface area contributed by atoms with Crippen LogP contribution >= 0.6 is 23.6 Å². The van der Waals surface area contributed by atoms with E-state index in [1.54, 1.807) is 6.07 Å². The summed E-state index contributed by atoms with van der Waals surface area (Å²) in [7, 11) is 1.36. The molecule has 1 aromatic carbocycles. The van der Waals surface area contributed by atoms with Gasteiger partial charge in [-0.25, -0.2) is 4.79 Å². The zero-order valence-electron chi connectivity index (χ0n) is 12.0. The molecule has 0 atom stereocenters. The highest BCUT2D eigenvalue weighted by Gasteiger charge is 2.16. The third-order valence-electron chi connectivity index (χ3n) is 2.80. The average molecular weight is 320 g/mol. The van der Waals surface area contributed by atoms with E-state index in [9.17, 15) is 4.79 Å². The summed E-state index contributed by atoms with van der Waals surface area (Å²) in [6.07, 6.45) is 0. The van der Waals surface area contributed by atoms with Gasteiger partial charge in [0.05, 0.1) is 12.7 Å². The third-order valence-corrected chi connectivity index (χ3v) is 3.97. The largest absolute Gasteiger partial charge is 0.465 e. The lowest BCUT2D eigenvalue weighted by atomic mass is 10.2. The zero-order chi connectivity index (χ0) is 15.4. The Morgan fingerprint density at radius 2 is 1.86 bits per heavy atom. The third kappa shape index (κ3) is 4.03. The second kappa shape index (κ2) is 6.69. The Balaban J connectivity index is 2.09. The summed E-state index contributed by atoms with van der Waals surface area (Å²) >= 11 is 6.73. The Bertz CT molecular complexity index is 663. The molecule has 0 aliphatic carbocycles. The molecule has 21 heavy (non-hydrogen) atoms. The van der Waals surface area contributed by atoms with Crippen LogP contribution in [-0.2, 0) is 4.74 Å². The second-order valence-corrected chi connectivity index (χ2v) is 6.20. The van der Waals surface area contributed by atoms with Crippen molar-refractivity contribution in [1.82, 2.24) is 0 Å². The van der Waals surface area contributed by atoms with Crippen molar-refractivity contribution in [3.63, 3.8) is 0 Å². The van der Waals surface area contributed by atoms with Gasteiger partial charge in [0.25, 0.3) is 0 Å². The summed E-state index contributed by atoms with van der Waals surface area (Å²) in [6.45, 7) is 3.95. The maximum Gasteiger partial charge on any atom is 0.340 e. The molecule has 4 nitrogen and oxygen atoms in total. The van der Waals surface area contributed by atoms with Crippen LogP contribution in [0.25, 0.3) is 0 Å². The van der Waals surface area contributed by atoms with Crippen LogP contribution in [0.1, 0.15) is 20.8 Å². The molecule has 0 aliphatic heterocycles. The maximum atomic E-state index is 11.7. The molecule has 0 radical (unpaired) electrons. The summed E-state index contributed by atoms with van der Waals surface area (Å²) in [6, 6.07) is 9.68. The number of hydrogen-bond donors (Lipinski definition) is 2. The minimum absolute atomic E-state index is 0.375. The molecule has 0 bridgehead atoms. The van der Waals surface area contributed by atoms with Crippen molar-refractivity contribution < 1.29 is 9.53 Å². The fraction of sp³-hybridized carbons (Fsp3) is 0.200. The number of thiocarbonyl (C=S) groups is 1. The molecule has 0 fully saturated rings. The smallest absolute Gasteiger partial charge is 0.340 e. The monoisotopic (exact) mass is 320 g/mol. The normalized spacial score (nSPS) is 10.0. The van der Waals surface area contributed by atoms with Crippen molar-refractivity contribution in [3.8, 4) is 0 Å². The van der Waals surface area contributed by atoms with Crippen LogP contribution in [0.15, 0.2) is 30.3 Å². The van der Waals surface area contributed by atoms with Crippen molar-refractivity contribution >= 4 is 45.3 Å². The maximum absolute atomic E-state index is 11.7. The van der Waals surface area contributed by atoms with Crippen LogP contribution in [0.3, 0.4) is 0 Å². The molecule has 0 spiro atoms. The van der Waals surface area contributed by atoms with E-state index in [4.69, 9.17) is 17.0 Å². The van der Waals surface area contributed by atoms with Crippen molar-refractivity contribution in [2.75, 3.05) is 17.7 Å². The van der Waals surface area contributed by atoms with E-state index >= 15 is 0 Å². The number of methoxy groups -OCH3 is 1. The first-order valence-corrected chi connectivity index (χ1v) is 7.55. The van der Waals surface area contributed by atoms with Gasteiger partial charge in [-0.2, -0.15) is 0 Å². The molecule has 6 heteroatoms. The SMILES string of the molecule is COC(=O)c1cc(C)sc1NC(=S)Nc1ccc(C)cc1. The van der Waals surface area contributed by atoms with E-state index in [0.29, 0.717) is 15.7 Å². The molecule has 1 aromatic heterocycles. The summed E-state index contributed by atoms with van der Waals surface area (Å²) in [5.41, 5.74) is 2.57. The fourth-order valence-electron chi connectivity index (χ4n) is 1.77. The Labute approximate surface area is 133 Å². The molecule has 0 saturated carbocycles. The van der Waals surface area contributed by atoms with Crippen molar-refractivity contribution in [2.45, 2.75) is 13.8 Å². The van der Waals surface area contributed by atoms with Gasteiger partial charge in [0.2, 0.25) is 0 Å². The number of hydrogen-bond acceptors (Lipinski definition) is 4. The number of anilines is 2. The second-order valence-electron chi connectivity index (χ2n) is 4.54. The molecule has 0 amide bonds. The van der Waals surface area contributed by atoms with Crippen LogP contribution in [0, 0.1) is 13.8 Å². The Hall–Kier alpha value is -1.92. The lowest BCUT2D eigenvalue weighted by molar-refractivity contribution is 0.0602. The zero-order valence-corrected chi connectivity index (χ0v) is 13.7. The molecule has 0 aliphatic rings. The first-order valence-electron chi connectivity index (χ1n) is 6.33. The quantitative estimate of drug-likeness (QED) is 0.662. The van der Waals surface area contributed by atoms with Gasteiger partial charge in [0.15, 0.2) is 5.11 Å². The fourth-order valence-corrected chi connectivity index (χ4v) is 2.96. The number of rotatable bonds is 3. The molecule has 110 valence electrons. The highest BCUT2D eigenvalue weighted by molar-refractivity contribution is 7.80. The summed E-state index contributed by atoms with van der Waals surface area (Å²) < 4.78 is 4.77. The van der Waals surface area contributed by atoms with E-state index in [2.05, 4.69) is 10.6 Å². The van der Waals surface area contributed by atoms with E-state index < -0.39 is 0 Å². The van der Waals surface area contributed by atoms with Crippen LogP contribution in [0.4, 0.5) is 10.7 Å². The molecule has 1 heterocycles. The topological polar surface area (TPSA) is 50.4 Å². The molecular formula is C15H16N2O2S2. The number of ether oxygens (including phenoxy) is 1. The van der Waals surface area contributed by atoms with Gasteiger partial charge in [0, 0.05) is 10.6 Å². The number of nitrogens with one attached hydrogen (secondary N) is 2. The average Bonchev–Trinajstić information content (AvgIpc) is 2.81. The number of carbonyl (C=O) groups excluding carboxylic acids is 1. The van der Waals surface area contributed by atoms with E-state index in [-0.39, 0.29) is 5.97 Å². The lowest BCUT2D eigenvalue weighted by Crippen LogP contribution is -2.19. The summed E-state index contributed by atoms with van der Waals surface area (Å²) in [4.78, 5) is 12.7. The summed E-state index contributed by atoms with van der Waals surface area (Å²) in [5.74, 6) is -0.375. The Morgan fingerprint density at radius 3 is 2.48 bits per heavy atom. The van der Waals surface area contributed by atoms with Crippen molar-refractivity contribution in [2.24, 2.45) is 0 Å². The number of benzene rings is 1. The van der Waals surface area contributed by atoms with Crippen molar-refractivity contribution in [1.29, 1.82) is 0 Å². The van der Waals surface area contributed by atoms with Gasteiger partial charge in [-0.15, -0.1) is 11.3 Å². The van der Waals surface area contributed by atoms with Crippen LogP contribution < -0.4 is 10.6 Å². The lowest BCUT2D eigenvalue weighted by Gasteiger charge is -2.10. The van der Waals surface area contributed by atoms with Gasteiger partial charge in [-0.1, -0.05) is 17.7 Å². The summed E-state index contributed by atoms with van der Waals surface area (Å²) in [5, 5.41) is 7.25. The van der Waals surface area contributed by atoms with E-state index in [0.717, 1.165) is 10.6 Å². The van der Waals surface area contributed by atoms with E-state index in [1.807, 2.05) is 38.1 Å². The standard InChI is InChI=1S/C15H16N2O2S2/c1-9-4-6-11(7-5-9)16-15(20)17-13-12(14(18)19-3)8-10(2)21-13/h4-8H,1-3H3,(H2,16,17,20). The number of carbonyl (C=O) groups is 1. The number of aryl methyl sites for hydroxylation is 2.